The zero-order chi connectivity index (χ0) is 18.7. The van der Waals surface area contributed by atoms with E-state index in [0.29, 0.717) is 17.9 Å². The number of unbranched alkanes of at least 4 members (excludes halogenated alkanes) is 1. The molecule has 1 aliphatic heterocycles. The van der Waals surface area contributed by atoms with Gasteiger partial charge in [-0.1, -0.05) is 43.2 Å². The molecule has 2 aromatic rings. The van der Waals surface area contributed by atoms with Gasteiger partial charge in [0.2, 0.25) is 4.77 Å². The molecule has 1 fully saturated rings. The number of hydrogen-bond donors (Lipinski definition) is 1. The molecule has 1 atom stereocenters. The average molecular weight is 395 g/mol. The number of sulfone groups is 1. The average Bonchev–Trinajstić information content (AvgIpc) is 3.14. The molecule has 0 aliphatic carbocycles. The molecule has 1 saturated heterocycles. The first-order valence-electron chi connectivity index (χ1n) is 9.06. The smallest absolute Gasteiger partial charge is 0.217 e. The van der Waals surface area contributed by atoms with Crippen LogP contribution in [0.5, 0.6) is 0 Å². The first-order chi connectivity index (χ1) is 12.4. The number of aromatic amines is 1. The Hall–Kier alpha value is -1.51. The Morgan fingerprint density at radius 2 is 2.08 bits per heavy atom. The summed E-state index contributed by atoms with van der Waals surface area (Å²) in [5.41, 5.74) is 2.18. The molecule has 0 spiro atoms. The number of rotatable bonds is 7. The maximum Gasteiger partial charge on any atom is 0.217 e. The van der Waals surface area contributed by atoms with Crippen molar-refractivity contribution in [2.45, 2.75) is 45.8 Å². The van der Waals surface area contributed by atoms with E-state index in [2.05, 4.69) is 21.9 Å². The van der Waals surface area contributed by atoms with E-state index in [-0.39, 0.29) is 17.5 Å². The largest absolute Gasteiger partial charge is 0.280 e. The second kappa shape index (κ2) is 8.02. The van der Waals surface area contributed by atoms with Crippen LogP contribution in [0.25, 0.3) is 11.4 Å². The Labute approximate surface area is 160 Å². The van der Waals surface area contributed by atoms with Crippen molar-refractivity contribution in [3.8, 4) is 11.4 Å². The van der Waals surface area contributed by atoms with Gasteiger partial charge in [0.1, 0.15) is 0 Å². The van der Waals surface area contributed by atoms with Crippen LogP contribution >= 0.6 is 12.2 Å². The third-order valence-corrected chi connectivity index (χ3v) is 6.91. The predicted molar refractivity (Wildman–Crippen MR) is 106 cm³/mol. The molecular weight excluding hydrogens is 368 g/mol. The third-order valence-electron chi connectivity index (χ3n) is 4.85. The second-order valence-electron chi connectivity index (χ2n) is 7.01. The Kier molecular flexibility index (Phi) is 5.94. The van der Waals surface area contributed by atoms with Gasteiger partial charge < -0.3 is 0 Å². The summed E-state index contributed by atoms with van der Waals surface area (Å²) in [4.78, 5) is 6.70. The Balaban J connectivity index is 1.80. The monoisotopic (exact) mass is 394 g/mol. The van der Waals surface area contributed by atoms with Gasteiger partial charge >= 0.3 is 0 Å². The molecule has 8 heteroatoms. The highest BCUT2D eigenvalue weighted by atomic mass is 32.2. The molecule has 142 valence electrons. The molecule has 0 saturated carbocycles. The summed E-state index contributed by atoms with van der Waals surface area (Å²) in [6.45, 7) is 5.59. The molecule has 0 bridgehead atoms. The fourth-order valence-electron chi connectivity index (χ4n) is 3.27. The highest BCUT2D eigenvalue weighted by Gasteiger charge is 2.32. The number of hydrogen-bond acceptors (Lipinski definition) is 5. The van der Waals surface area contributed by atoms with E-state index < -0.39 is 9.84 Å². The van der Waals surface area contributed by atoms with Crippen LogP contribution in [-0.4, -0.2) is 52.2 Å². The van der Waals surface area contributed by atoms with E-state index in [4.69, 9.17) is 12.2 Å². The standard InChI is InChI=1S/C18H26N4O2S2/c1-3-4-10-21(16-9-11-26(23,24)12-16)13-22-18(25)19-17(20-22)15-7-5-14(2)6-8-15/h5-8,16H,3-4,9-13H2,1-2H3,(H,19,20,25). The highest BCUT2D eigenvalue weighted by Crippen LogP contribution is 2.20. The lowest BCUT2D eigenvalue weighted by atomic mass is 10.1. The van der Waals surface area contributed by atoms with Crippen LogP contribution in [0.1, 0.15) is 31.7 Å². The molecule has 1 N–H and O–H groups in total. The zero-order valence-corrected chi connectivity index (χ0v) is 16.9. The lowest BCUT2D eigenvalue weighted by molar-refractivity contribution is 0.153. The molecule has 0 radical (unpaired) electrons. The van der Waals surface area contributed by atoms with Crippen LogP contribution in [0, 0.1) is 11.7 Å². The van der Waals surface area contributed by atoms with E-state index >= 15 is 0 Å². The molecule has 2 heterocycles. The number of nitrogens with one attached hydrogen (secondary N) is 1. The maximum atomic E-state index is 11.9. The van der Waals surface area contributed by atoms with Crippen molar-refractivity contribution in [2.75, 3.05) is 18.1 Å². The van der Waals surface area contributed by atoms with Gasteiger partial charge in [0.15, 0.2) is 15.7 Å². The van der Waals surface area contributed by atoms with Crippen LogP contribution in [0.3, 0.4) is 0 Å². The Morgan fingerprint density at radius 1 is 1.35 bits per heavy atom. The first-order valence-corrected chi connectivity index (χ1v) is 11.3. The van der Waals surface area contributed by atoms with E-state index in [9.17, 15) is 8.42 Å². The van der Waals surface area contributed by atoms with Gasteiger partial charge in [0.05, 0.1) is 18.2 Å². The minimum Gasteiger partial charge on any atom is -0.280 e. The topological polar surface area (TPSA) is 71.0 Å². The third kappa shape index (κ3) is 4.61. The first kappa shape index (κ1) is 19.3. The van der Waals surface area contributed by atoms with Gasteiger partial charge in [0.25, 0.3) is 0 Å². The fourth-order valence-corrected chi connectivity index (χ4v) is 5.22. The quantitative estimate of drug-likeness (QED) is 0.731. The van der Waals surface area contributed by atoms with Gasteiger partial charge in [-0.2, -0.15) is 4.98 Å². The minimum absolute atomic E-state index is 0.0552. The van der Waals surface area contributed by atoms with E-state index in [0.717, 1.165) is 30.8 Å². The van der Waals surface area contributed by atoms with Gasteiger partial charge in [-0.3, -0.25) is 10.00 Å². The van der Waals surface area contributed by atoms with Crippen LogP contribution in [0.4, 0.5) is 0 Å². The fraction of sp³-hybridized carbons (Fsp3) is 0.556. The van der Waals surface area contributed by atoms with Crippen LogP contribution in [0.2, 0.25) is 0 Å². The predicted octanol–water partition coefficient (Wildman–Crippen LogP) is 3.16. The molecule has 26 heavy (non-hydrogen) atoms. The number of benzene rings is 1. The van der Waals surface area contributed by atoms with Gasteiger partial charge in [0, 0.05) is 18.2 Å². The summed E-state index contributed by atoms with van der Waals surface area (Å²) in [6, 6.07) is 8.18. The molecule has 1 aromatic heterocycles. The summed E-state index contributed by atoms with van der Waals surface area (Å²) in [7, 11) is -2.91. The van der Waals surface area contributed by atoms with Crippen molar-refractivity contribution in [3.05, 3.63) is 34.6 Å². The van der Waals surface area contributed by atoms with Gasteiger partial charge in [-0.15, -0.1) is 0 Å². The molecule has 0 amide bonds. The maximum absolute atomic E-state index is 11.9. The summed E-state index contributed by atoms with van der Waals surface area (Å²) in [5.74, 6) is 1.26. The molecule has 1 aromatic carbocycles. The highest BCUT2D eigenvalue weighted by molar-refractivity contribution is 7.91. The Bertz CT molecular complexity index is 900. The SMILES string of the molecule is CCCCN(Cn1[nH]c(-c2ccc(C)cc2)nc1=S)C1CCS(=O)(=O)C1. The number of nitrogens with zero attached hydrogens (tertiary/aromatic N) is 3. The van der Waals surface area contributed by atoms with Crippen molar-refractivity contribution < 1.29 is 8.42 Å². The van der Waals surface area contributed by atoms with Crippen molar-refractivity contribution in [1.82, 2.24) is 19.7 Å². The van der Waals surface area contributed by atoms with Gasteiger partial charge in [-0.25, -0.2) is 13.1 Å². The second-order valence-corrected chi connectivity index (χ2v) is 9.61. The van der Waals surface area contributed by atoms with Crippen molar-refractivity contribution in [1.29, 1.82) is 0 Å². The van der Waals surface area contributed by atoms with Crippen molar-refractivity contribution in [3.63, 3.8) is 0 Å². The number of aromatic nitrogens is 3. The van der Waals surface area contributed by atoms with Crippen molar-refractivity contribution in [2.24, 2.45) is 0 Å². The summed E-state index contributed by atoms with van der Waals surface area (Å²) < 4.78 is 26.1. The van der Waals surface area contributed by atoms with Crippen molar-refractivity contribution >= 4 is 22.1 Å². The summed E-state index contributed by atoms with van der Waals surface area (Å²) in [6.07, 6.45) is 2.79. The van der Waals surface area contributed by atoms with Crippen LogP contribution < -0.4 is 0 Å². The van der Waals surface area contributed by atoms with E-state index in [1.807, 2.05) is 35.9 Å². The van der Waals surface area contributed by atoms with E-state index in [1.165, 1.54) is 5.56 Å². The lowest BCUT2D eigenvalue weighted by Gasteiger charge is -2.27. The molecule has 3 rings (SSSR count). The van der Waals surface area contributed by atoms with Crippen LogP contribution in [0.15, 0.2) is 24.3 Å². The lowest BCUT2D eigenvalue weighted by Crippen LogP contribution is -2.38. The zero-order valence-electron chi connectivity index (χ0n) is 15.3. The molecule has 1 unspecified atom stereocenters. The number of H-pyrrole nitrogens is 1. The van der Waals surface area contributed by atoms with Crippen LogP contribution in [-0.2, 0) is 16.5 Å². The molecule has 1 aliphatic rings. The van der Waals surface area contributed by atoms with E-state index in [1.54, 1.807) is 0 Å². The Morgan fingerprint density at radius 3 is 2.69 bits per heavy atom. The number of aryl methyl sites for hydroxylation is 1. The minimum atomic E-state index is -2.91. The molecular formula is C18H26N4O2S2. The van der Waals surface area contributed by atoms with Gasteiger partial charge in [-0.05, 0) is 32.0 Å². The molecule has 6 nitrogen and oxygen atoms in total. The normalized spacial score (nSPS) is 19.3. The summed E-state index contributed by atoms with van der Waals surface area (Å²) in [5, 5.41) is 3.28. The summed E-state index contributed by atoms with van der Waals surface area (Å²) >= 11 is 5.42.